The first-order chi connectivity index (χ1) is 25.3. The van der Waals surface area contributed by atoms with Crippen LogP contribution < -0.4 is 23.7 Å². The van der Waals surface area contributed by atoms with Crippen molar-refractivity contribution in [1.29, 1.82) is 0 Å². The molecule has 1 aliphatic carbocycles. The molecular formula is C41H53NO10. The SMILES string of the molecule is COc1ccc(CCC(OC(=O)C2CCCCN2C(=O)[C@H](c2cc(OC)c(OCCO)c(OC)c2)C2CCCCC2)c2cccc(O)c2)cc1OC. The Morgan fingerprint density at radius 3 is 2.13 bits per heavy atom. The zero-order chi connectivity index (χ0) is 37.0. The van der Waals surface area contributed by atoms with Gasteiger partial charge in [0.05, 0.1) is 41.0 Å². The number of aryl methyl sites for hydroxylation is 1. The zero-order valence-electron chi connectivity index (χ0n) is 30.8. The predicted molar refractivity (Wildman–Crippen MR) is 196 cm³/mol. The molecule has 3 aromatic carbocycles. The van der Waals surface area contributed by atoms with E-state index in [4.69, 9.17) is 28.4 Å². The van der Waals surface area contributed by atoms with E-state index in [1.165, 1.54) is 14.2 Å². The highest BCUT2D eigenvalue weighted by molar-refractivity contribution is 5.89. The maximum Gasteiger partial charge on any atom is 0.329 e. The number of esters is 1. The Hall–Kier alpha value is -4.64. The molecule has 1 aliphatic heterocycles. The molecule has 3 aromatic rings. The molecule has 3 atom stereocenters. The van der Waals surface area contributed by atoms with Crippen molar-refractivity contribution in [2.45, 2.75) is 82.3 Å². The molecule has 52 heavy (non-hydrogen) atoms. The number of amides is 1. The minimum Gasteiger partial charge on any atom is -0.508 e. The van der Waals surface area contributed by atoms with E-state index >= 15 is 0 Å². The summed E-state index contributed by atoms with van der Waals surface area (Å²) < 4.78 is 34.4. The van der Waals surface area contributed by atoms with Gasteiger partial charge in [0, 0.05) is 6.54 Å². The van der Waals surface area contributed by atoms with E-state index in [9.17, 15) is 19.8 Å². The number of ether oxygens (including phenoxy) is 6. The summed E-state index contributed by atoms with van der Waals surface area (Å²) in [4.78, 5) is 30.9. The van der Waals surface area contributed by atoms with E-state index < -0.39 is 24.0 Å². The summed E-state index contributed by atoms with van der Waals surface area (Å²) in [7, 11) is 6.24. The van der Waals surface area contributed by atoms with E-state index in [0.29, 0.717) is 60.1 Å². The molecule has 282 valence electrons. The Bertz CT molecular complexity index is 1610. The number of methoxy groups -OCH3 is 4. The molecule has 0 spiro atoms. The molecule has 1 saturated heterocycles. The number of hydrogen-bond acceptors (Lipinski definition) is 10. The van der Waals surface area contributed by atoms with Crippen LogP contribution in [0.15, 0.2) is 54.6 Å². The predicted octanol–water partition coefficient (Wildman–Crippen LogP) is 6.76. The van der Waals surface area contributed by atoms with Gasteiger partial charge in [0.25, 0.3) is 0 Å². The van der Waals surface area contributed by atoms with Crippen molar-refractivity contribution < 1.29 is 48.2 Å². The van der Waals surface area contributed by atoms with Crippen LogP contribution in [0.1, 0.15) is 86.5 Å². The molecule has 1 heterocycles. The number of aromatic hydroxyl groups is 1. The first-order valence-corrected chi connectivity index (χ1v) is 18.3. The van der Waals surface area contributed by atoms with E-state index in [1.54, 1.807) is 37.3 Å². The van der Waals surface area contributed by atoms with Crippen molar-refractivity contribution in [1.82, 2.24) is 4.90 Å². The van der Waals surface area contributed by atoms with Crippen molar-refractivity contribution in [3.8, 4) is 34.5 Å². The molecule has 0 radical (unpaired) electrons. The molecule has 11 heteroatoms. The fourth-order valence-corrected chi connectivity index (χ4v) is 7.64. The number of benzene rings is 3. The van der Waals surface area contributed by atoms with Gasteiger partial charge in [-0.3, -0.25) is 4.79 Å². The Kier molecular flexibility index (Phi) is 13.9. The van der Waals surface area contributed by atoms with Gasteiger partial charge in [-0.2, -0.15) is 0 Å². The van der Waals surface area contributed by atoms with E-state index in [1.807, 2.05) is 36.4 Å². The Labute approximate surface area is 306 Å². The molecule has 2 fully saturated rings. The van der Waals surface area contributed by atoms with Crippen LogP contribution in [-0.4, -0.2) is 81.2 Å². The summed E-state index contributed by atoms with van der Waals surface area (Å²) in [5.41, 5.74) is 2.39. The normalized spacial score (nSPS) is 17.5. The summed E-state index contributed by atoms with van der Waals surface area (Å²) in [5, 5.41) is 19.7. The van der Waals surface area contributed by atoms with Crippen molar-refractivity contribution in [3.63, 3.8) is 0 Å². The fourth-order valence-electron chi connectivity index (χ4n) is 7.64. The Balaban J connectivity index is 1.43. The lowest BCUT2D eigenvalue weighted by atomic mass is 9.75. The average Bonchev–Trinajstić information content (AvgIpc) is 3.18. The number of phenols is 1. The van der Waals surface area contributed by atoms with Gasteiger partial charge < -0.3 is 43.5 Å². The number of carbonyl (C=O) groups is 2. The van der Waals surface area contributed by atoms with E-state index in [2.05, 4.69) is 0 Å². The van der Waals surface area contributed by atoms with Crippen molar-refractivity contribution >= 4 is 11.9 Å². The van der Waals surface area contributed by atoms with Crippen LogP contribution in [0.4, 0.5) is 0 Å². The maximum absolute atomic E-state index is 14.9. The van der Waals surface area contributed by atoms with Gasteiger partial charge in [-0.05, 0) is 104 Å². The van der Waals surface area contributed by atoms with Crippen molar-refractivity contribution in [3.05, 3.63) is 71.3 Å². The van der Waals surface area contributed by atoms with Crippen LogP contribution in [0.25, 0.3) is 0 Å². The van der Waals surface area contributed by atoms with Crippen LogP contribution in [-0.2, 0) is 20.7 Å². The van der Waals surface area contributed by atoms with E-state index in [0.717, 1.165) is 56.1 Å². The number of rotatable bonds is 16. The standard InChI is InChI=1S/C41H53NO10/c1-47-34-19-17-27(23-35(34)48-2)16-18-33(29-13-10-14-31(44)24-29)52-41(46)32-15-8-9-20-42(32)40(45)38(28-11-6-5-7-12-28)30-25-36(49-3)39(51-22-21-43)37(26-30)50-4/h10,13-14,17,19,23-26,28,32-33,38,43-44H,5-9,11-12,15-16,18,20-22H2,1-4H3/t32?,33?,38-/m0/s1. The molecule has 1 saturated carbocycles. The highest BCUT2D eigenvalue weighted by Crippen LogP contribution is 2.45. The summed E-state index contributed by atoms with van der Waals surface area (Å²) in [5.74, 6) is 1.46. The first-order valence-electron chi connectivity index (χ1n) is 18.3. The minimum absolute atomic E-state index is 0.0620. The summed E-state index contributed by atoms with van der Waals surface area (Å²) >= 11 is 0. The van der Waals surface area contributed by atoms with Gasteiger partial charge in [-0.25, -0.2) is 4.79 Å². The Morgan fingerprint density at radius 2 is 1.48 bits per heavy atom. The third kappa shape index (κ3) is 9.23. The number of aliphatic hydroxyl groups is 1. The molecule has 0 aromatic heterocycles. The molecule has 2 aliphatic rings. The lowest BCUT2D eigenvalue weighted by Crippen LogP contribution is -2.51. The van der Waals surface area contributed by atoms with Crippen LogP contribution in [0.2, 0.25) is 0 Å². The van der Waals surface area contributed by atoms with E-state index in [-0.39, 0.29) is 30.8 Å². The largest absolute Gasteiger partial charge is 0.508 e. The Morgan fingerprint density at radius 1 is 0.788 bits per heavy atom. The second-order valence-corrected chi connectivity index (χ2v) is 13.5. The summed E-state index contributed by atoms with van der Waals surface area (Å²) in [6, 6.07) is 15.4. The molecule has 2 N–H and O–H groups in total. The van der Waals surface area contributed by atoms with Crippen LogP contribution in [0.5, 0.6) is 34.5 Å². The molecular weight excluding hydrogens is 666 g/mol. The summed E-state index contributed by atoms with van der Waals surface area (Å²) in [6.07, 6.45) is 7.36. The second kappa shape index (κ2) is 18.7. The number of nitrogens with zero attached hydrogens (tertiary/aromatic N) is 1. The molecule has 5 rings (SSSR count). The van der Waals surface area contributed by atoms with Gasteiger partial charge in [0.2, 0.25) is 11.7 Å². The van der Waals surface area contributed by atoms with Gasteiger partial charge >= 0.3 is 5.97 Å². The third-order valence-electron chi connectivity index (χ3n) is 10.3. The molecule has 11 nitrogen and oxygen atoms in total. The number of aliphatic hydroxyl groups excluding tert-OH is 1. The average molecular weight is 720 g/mol. The lowest BCUT2D eigenvalue weighted by molar-refractivity contribution is -0.163. The molecule has 1 amide bonds. The topological polar surface area (TPSA) is 133 Å². The quantitative estimate of drug-likeness (QED) is 0.153. The summed E-state index contributed by atoms with van der Waals surface area (Å²) in [6.45, 7) is 0.328. The fraction of sp³-hybridized carbons (Fsp3) is 0.512. The smallest absolute Gasteiger partial charge is 0.329 e. The monoisotopic (exact) mass is 719 g/mol. The van der Waals surface area contributed by atoms with Crippen LogP contribution in [0.3, 0.4) is 0 Å². The lowest BCUT2D eigenvalue weighted by Gasteiger charge is -2.40. The van der Waals surface area contributed by atoms with Gasteiger partial charge in [-0.15, -0.1) is 0 Å². The number of likely N-dealkylation sites (tertiary alicyclic amines) is 1. The number of carbonyl (C=O) groups excluding carboxylic acids is 2. The molecule has 2 unspecified atom stereocenters. The number of hydrogen-bond donors (Lipinski definition) is 2. The molecule has 0 bridgehead atoms. The maximum atomic E-state index is 14.9. The first kappa shape index (κ1) is 38.6. The van der Waals surface area contributed by atoms with Crippen LogP contribution in [0, 0.1) is 5.92 Å². The van der Waals surface area contributed by atoms with Gasteiger partial charge in [-0.1, -0.05) is 37.5 Å². The van der Waals surface area contributed by atoms with Crippen molar-refractivity contribution in [2.24, 2.45) is 5.92 Å². The zero-order valence-corrected chi connectivity index (χ0v) is 30.8. The van der Waals surface area contributed by atoms with Gasteiger partial charge in [0.1, 0.15) is 24.5 Å². The third-order valence-corrected chi connectivity index (χ3v) is 10.3. The van der Waals surface area contributed by atoms with Gasteiger partial charge in [0.15, 0.2) is 23.0 Å². The number of phenolic OH excluding ortho intramolecular Hbond substituents is 1. The van der Waals surface area contributed by atoms with Crippen molar-refractivity contribution in [2.75, 3.05) is 48.2 Å². The number of piperidine rings is 1. The second-order valence-electron chi connectivity index (χ2n) is 13.5. The minimum atomic E-state index is -0.760. The van der Waals surface area contributed by atoms with Crippen LogP contribution >= 0.6 is 0 Å². The highest BCUT2D eigenvalue weighted by Gasteiger charge is 2.41. The highest BCUT2D eigenvalue weighted by atomic mass is 16.5.